The smallest absolute Gasteiger partial charge is 0.00965 e. The van der Waals surface area contributed by atoms with Crippen molar-refractivity contribution in [2.45, 2.75) is 52.0 Å². The Morgan fingerprint density at radius 3 is 2.50 bits per heavy atom. The standard InChI is InChI=1S/C14H28N2/c1-12(2)10-15-8-3-9-16(14-6-7-14)11-13-4-5-13/h12-15H,3-11H2,1-2H3. The fourth-order valence-corrected chi connectivity index (χ4v) is 2.29. The molecular weight excluding hydrogens is 196 g/mol. The molecule has 0 bridgehead atoms. The number of nitrogens with zero attached hydrogens (tertiary/aromatic N) is 1. The van der Waals surface area contributed by atoms with Crippen LogP contribution >= 0.6 is 0 Å². The van der Waals surface area contributed by atoms with Gasteiger partial charge in [-0.1, -0.05) is 13.8 Å². The highest BCUT2D eigenvalue weighted by molar-refractivity contribution is 4.88. The molecule has 0 atom stereocenters. The summed E-state index contributed by atoms with van der Waals surface area (Å²) in [4.78, 5) is 2.76. The molecule has 2 heteroatoms. The van der Waals surface area contributed by atoms with E-state index in [0.717, 1.165) is 17.9 Å². The van der Waals surface area contributed by atoms with Crippen LogP contribution in [0.4, 0.5) is 0 Å². The van der Waals surface area contributed by atoms with E-state index in [1.807, 2.05) is 0 Å². The van der Waals surface area contributed by atoms with E-state index in [1.165, 1.54) is 58.3 Å². The van der Waals surface area contributed by atoms with Crippen LogP contribution in [-0.2, 0) is 0 Å². The molecular formula is C14H28N2. The van der Waals surface area contributed by atoms with Gasteiger partial charge in [-0.25, -0.2) is 0 Å². The van der Waals surface area contributed by atoms with E-state index in [9.17, 15) is 0 Å². The summed E-state index contributed by atoms with van der Waals surface area (Å²) in [7, 11) is 0. The van der Waals surface area contributed by atoms with Gasteiger partial charge in [-0.2, -0.15) is 0 Å². The van der Waals surface area contributed by atoms with Gasteiger partial charge >= 0.3 is 0 Å². The zero-order valence-corrected chi connectivity index (χ0v) is 11.0. The van der Waals surface area contributed by atoms with Crippen LogP contribution in [0, 0.1) is 11.8 Å². The molecule has 2 fully saturated rings. The zero-order chi connectivity index (χ0) is 11.4. The lowest BCUT2D eigenvalue weighted by atomic mass is 10.2. The van der Waals surface area contributed by atoms with Gasteiger partial charge in [0.2, 0.25) is 0 Å². The number of hydrogen-bond donors (Lipinski definition) is 1. The molecule has 0 heterocycles. The average molecular weight is 224 g/mol. The van der Waals surface area contributed by atoms with Crippen molar-refractivity contribution in [3.8, 4) is 0 Å². The van der Waals surface area contributed by atoms with Crippen molar-refractivity contribution in [3.63, 3.8) is 0 Å². The number of nitrogens with one attached hydrogen (secondary N) is 1. The molecule has 2 rings (SSSR count). The van der Waals surface area contributed by atoms with Crippen LogP contribution in [0.1, 0.15) is 46.0 Å². The van der Waals surface area contributed by atoms with Crippen LogP contribution in [0.15, 0.2) is 0 Å². The lowest BCUT2D eigenvalue weighted by Crippen LogP contribution is -2.32. The van der Waals surface area contributed by atoms with Gasteiger partial charge in [0.15, 0.2) is 0 Å². The first-order valence-electron chi connectivity index (χ1n) is 7.20. The predicted octanol–water partition coefficient (Wildman–Crippen LogP) is 2.50. The summed E-state index contributed by atoms with van der Waals surface area (Å²) in [6.07, 6.45) is 7.25. The van der Waals surface area contributed by atoms with Crippen molar-refractivity contribution in [1.29, 1.82) is 0 Å². The fourth-order valence-electron chi connectivity index (χ4n) is 2.29. The van der Waals surface area contributed by atoms with E-state index in [4.69, 9.17) is 0 Å². The van der Waals surface area contributed by atoms with E-state index in [-0.39, 0.29) is 0 Å². The molecule has 0 aromatic heterocycles. The normalized spacial score (nSPS) is 21.0. The molecule has 0 unspecified atom stereocenters. The summed E-state index contributed by atoms with van der Waals surface area (Å²) in [5.41, 5.74) is 0. The summed E-state index contributed by atoms with van der Waals surface area (Å²) >= 11 is 0. The molecule has 0 saturated heterocycles. The van der Waals surface area contributed by atoms with Gasteiger partial charge in [-0.05, 0) is 63.6 Å². The Morgan fingerprint density at radius 1 is 1.19 bits per heavy atom. The van der Waals surface area contributed by atoms with Crippen molar-refractivity contribution in [1.82, 2.24) is 10.2 Å². The summed E-state index contributed by atoms with van der Waals surface area (Å²) in [6, 6.07) is 0.964. The summed E-state index contributed by atoms with van der Waals surface area (Å²) < 4.78 is 0. The molecule has 2 saturated carbocycles. The topological polar surface area (TPSA) is 15.3 Å². The highest BCUT2D eigenvalue weighted by Gasteiger charge is 2.32. The molecule has 16 heavy (non-hydrogen) atoms. The Morgan fingerprint density at radius 2 is 1.94 bits per heavy atom. The van der Waals surface area contributed by atoms with Gasteiger partial charge < -0.3 is 10.2 Å². The molecule has 0 aromatic carbocycles. The average Bonchev–Trinajstić information content (AvgIpc) is 3.08. The summed E-state index contributed by atoms with van der Waals surface area (Å²) in [6.45, 7) is 9.65. The highest BCUT2D eigenvalue weighted by Crippen LogP contribution is 2.34. The quantitative estimate of drug-likeness (QED) is 0.605. The minimum absolute atomic E-state index is 0.783. The summed E-state index contributed by atoms with van der Waals surface area (Å²) in [5.74, 6) is 1.84. The van der Waals surface area contributed by atoms with E-state index in [0.29, 0.717) is 0 Å². The van der Waals surface area contributed by atoms with Crippen molar-refractivity contribution in [2.75, 3.05) is 26.2 Å². The third-order valence-corrected chi connectivity index (χ3v) is 3.60. The van der Waals surface area contributed by atoms with E-state index in [1.54, 1.807) is 0 Å². The van der Waals surface area contributed by atoms with E-state index in [2.05, 4.69) is 24.1 Å². The first-order chi connectivity index (χ1) is 7.75. The molecule has 1 N–H and O–H groups in total. The van der Waals surface area contributed by atoms with E-state index >= 15 is 0 Å². The lowest BCUT2D eigenvalue weighted by molar-refractivity contribution is 0.248. The second-order valence-corrected chi connectivity index (χ2v) is 6.12. The SMILES string of the molecule is CC(C)CNCCCN(CC1CC1)C1CC1. The molecule has 0 aliphatic heterocycles. The minimum atomic E-state index is 0.783. The van der Waals surface area contributed by atoms with Crippen LogP contribution in [0.3, 0.4) is 0 Å². The largest absolute Gasteiger partial charge is 0.316 e. The predicted molar refractivity (Wildman–Crippen MR) is 69.6 cm³/mol. The van der Waals surface area contributed by atoms with Crippen LogP contribution in [0.5, 0.6) is 0 Å². The van der Waals surface area contributed by atoms with Gasteiger partial charge in [-0.15, -0.1) is 0 Å². The number of rotatable bonds is 9. The second-order valence-electron chi connectivity index (χ2n) is 6.12. The molecule has 94 valence electrons. The first-order valence-corrected chi connectivity index (χ1v) is 7.20. The minimum Gasteiger partial charge on any atom is -0.316 e. The molecule has 2 aliphatic carbocycles. The molecule has 0 spiro atoms. The second kappa shape index (κ2) is 6.02. The molecule has 2 nitrogen and oxygen atoms in total. The maximum atomic E-state index is 3.54. The Bertz CT molecular complexity index is 195. The van der Waals surface area contributed by atoms with Gasteiger partial charge in [0.25, 0.3) is 0 Å². The molecule has 2 aliphatic rings. The Labute approximate surface area is 101 Å². The maximum absolute atomic E-state index is 3.54. The van der Waals surface area contributed by atoms with Gasteiger partial charge in [0.05, 0.1) is 0 Å². The monoisotopic (exact) mass is 224 g/mol. The van der Waals surface area contributed by atoms with Gasteiger partial charge in [0, 0.05) is 12.6 Å². The Hall–Kier alpha value is -0.0800. The van der Waals surface area contributed by atoms with Crippen LogP contribution in [0.2, 0.25) is 0 Å². The Kier molecular flexibility index (Phi) is 4.66. The molecule has 0 aromatic rings. The van der Waals surface area contributed by atoms with Gasteiger partial charge in [0.1, 0.15) is 0 Å². The van der Waals surface area contributed by atoms with Crippen molar-refractivity contribution >= 4 is 0 Å². The fraction of sp³-hybridized carbons (Fsp3) is 1.00. The van der Waals surface area contributed by atoms with Crippen molar-refractivity contribution < 1.29 is 0 Å². The van der Waals surface area contributed by atoms with Crippen LogP contribution in [-0.4, -0.2) is 37.1 Å². The third kappa shape index (κ3) is 4.84. The van der Waals surface area contributed by atoms with E-state index < -0.39 is 0 Å². The molecule has 0 amide bonds. The zero-order valence-electron chi connectivity index (χ0n) is 11.0. The van der Waals surface area contributed by atoms with Crippen LogP contribution in [0.25, 0.3) is 0 Å². The molecule has 0 radical (unpaired) electrons. The van der Waals surface area contributed by atoms with Crippen LogP contribution < -0.4 is 5.32 Å². The van der Waals surface area contributed by atoms with Crippen molar-refractivity contribution in [3.05, 3.63) is 0 Å². The van der Waals surface area contributed by atoms with Gasteiger partial charge in [-0.3, -0.25) is 0 Å². The third-order valence-electron chi connectivity index (χ3n) is 3.60. The Balaban J connectivity index is 1.51. The summed E-state index contributed by atoms with van der Waals surface area (Å²) in [5, 5.41) is 3.54. The van der Waals surface area contributed by atoms with Crippen molar-refractivity contribution in [2.24, 2.45) is 11.8 Å². The highest BCUT2D eigenvalue weighted by atomic mass is 15.2. The first kappa shape index (κ1) is 12.4. The lowest BCUT2D eigenvalue weighted by Gasteiger charge is -2.21. The maximum Gasteiger partial charge on any atom is 0.00965 e. The number of hydrogen-bond acceptors (Lipinski definition) is 2.